The van der Waals surface area contributed by atoms with Gasteiger partial charge in [0.25, 0.3) is 0 Å². The molecule has 1 aliphatic rings. The largest absolute Gasteiger partial charge is 0.335 e. The molecule has 1 aliphatic heterocycles. The molecular weight excluding hydrogens is 218 g/mol. The van der Waals surface area contributed by atoms with Crippen molar-refractivity contribution in [3.05, 3.63) is 29.3 Å². The average molecular weight is 231 g/mol. The van der Waals surface area contributed by atoms with Gasteiger partial charge in [-0.25, -0.2) is 0 Å². The number of rotatable bonds is 1. The Morgan fingerprint density at radius 3 is 3.06 bits per heavy atom. The second-order valence-corrected chi connectivity index (χ2v) is 4.74. The minimum Gasteiger partial charge on any atom is -0.335 e. The number of anilines is 1. The lowest BCUT2D eigenvalue weighted by atomic mass is 10.1. The van der Waals surface area contributed by atoms with Crippen molar-refractivity contribution in [2.24, 2.45) is 4.99 Å². The van der Waals surface area contributed by atoms with Crippen molar-refractivity contribution < 1.29 is 0 Å². The van der Waals surface area contributed by atoms with Crippen LogP contribution < -0.4 is 5.32 Å². The minimum absolute atomic E-state index is 0.675. The van der Waals surface area contributed by atoms with E-state index in [0.29, 0.717) is 5.56 Å². The van der Waals surface area contributed by atoms with Crippen LogP contribution in [0.3, 0.4) is 0 Å². The standard InChI is InChI=1S/C12H13N3S/c1-9-3-4-10(8-13)7-11(9)15-12-14-5-2-6-16-12/h3-4,7H,2,5-6H2,1H3,(H,14,15). The van der Waals surface area contributed by atoms with Crippen molar-refractivity contribution in [1.29, 1.82) is 5.26 Å². The number of hydrogen-bond donors (Lipinski definition) is 1. The van der Waals surface area contributed by atoms with Crippen LogP contribution in [0.5, 0.6) is 0 Å². The summed E-state index contributed by atoms with van der Waals surface area (Å²) < 4.78 is 0. The van der Waals surface area contributed by atoms with Crippen LogP contribution in [-0.4, -0.2) is 17.5 Å². The van der Waals surface area contributed by atoms with Gasteiger partial charge < -0.3 is 5.32 Å². The summed E-state index contributed by atoms with van der Waals surface area (Å²) in [5.74, 6) is 1.11. The summed E-state index contributed by atoms with van der Waals surface area (Å²) in [6.07, 6.45) is 1.15. The molecule has 0 unspecified atom stereocenters. The molecule has 2 rings (SSSR count). The van der Waals surface area contributed by atoms with Crippen molar-refractivity contribution in [3.8, 4) is 6.07 Å². The lowest BCUT2D eigenvalue weighted by Crippen LogP contribution is -2.14. The molecule has 0 spiro atoms. The normalized spacial score (nSPS) is 15.1. The van der Waals surface area contributed by atoms with Gasteiger partial charge in [0.2, 0.25) is 0 Å². The minimum atomic E-state index is 0.675. The molecule has 0 saturated carbocycles. The number of nitriles is 1. The molecule has 1 heterocycles. The van der Waals surface area contributed by atoms with Crippen molar-refractivity contribution in [1.82, 2.24) is 0 Å². The number of nitrogens with one attached hydrogen (secondary N) is 1. The van der Waals surface area contributed by atoms with E-state index in [9.17, 15) is 0 Å². The molecule has 0 radical (unpaired) electrons. The average Bonchev–Trinajstić information content (AvgIpc) is 2.33. The Hall–Kier alpha value is -1.47. The second-order valence-electron chi connectivity index (χ2n) is 3.66. The van der Waals surface area contributed by atoms with Crippen LogP contribution >= 0.6 is 11.8 Å². The third-order valence-corrected chi connectivity index (χ3v) is 3.40. The van der Waals surface area contributed by atoms with Gasteiger partial charge in [-0.1, -0.05) is 17.8 Å². The summed E-state index contributed by atoms with van der Waals surface area (Å²) in [4.78, 5) is 4.41. The molecule has 3 nitrogen and oxygen atoms in total. The Labute approximate surface area is 99.6 Å². The van der Waals surface area contributed by atoms with Gasteiger partial charge >= 0.3 is 0 Å². The van der Waals surface area contributed by atoms with Crippen LogP contribution in [-0.2, 0) is 0 Å². The Kier molecular flexibility index (Phi) is 3.47. The van der Waals surface area contributed by atoms with Crippen LogP contribution in [0.1, 0.15) is 17.5 Å². The van der Waals surface area contributed by atoms with Gasteiger partial charge in [-0.3, -0.25) is 4.99 Å². The maximum absolute atomic E-state index is 8.85. The maximum atomic E-state index is 8.85. The predicted octanol–water partition coefficient (Wildman–Crippen LogP) is 2.77. The summed E-state index contributed by atoms with van der Waals surface area (Å²) in [6, 6.07) is 7.80. The quantitative estimate of drug-likeness (QED) is 0.808. The first kappa shape index (κ1) is 11.0. The van der Waals surface area contributed by atoms with Crippen LogP contribution in [0, 0.1) is 18.3 Å². The molecule has 0 amide bonds. The monoisotopic (exact) mass is 231 g/mol. The highest BCUT2D eigenvalue weighted by Gasteiger charge is 2.07. The molecule has 1 N–H and O–H groups in total. The Balaban J connectivity index is 2.20. The van der Waals surface area contributed by atoms with Gasteiger partial charge in [-0.2, -0.15) is 5.26 Å². The van der Waals surface area contributed by atoms with Crippen LogP contribution in [0.2, 0.25) is 0 Å². The topological polar surface area (TPSA) is 48.2 Å². The van der Waals surface area contributed by atoms with Gasteiger partial charge in [-0.05, 0) is 31.0 Å². The number of nitrogens with zero attached hydrogens (tertiary/aromatic N) is 2. The van der Waals surface area contributed by atoms with Crippen molar-refractivity contribution in [3.63, 3.8) is 0 Å². The zero-order valence-corrected chi connectivity index (χ0v) is 9.97. The second kappa shape index (κ2) is 5.04. The molecule has 0 aliphatic carbocycles. The number of amidine groups is 1. The first-order valence-corrected chi connectivity index (χ1v) is 6.23. The molecule has 0 fully saturated rings. The van der Waals surface area contributed by atoms with E-state index in [-0.39, 0.29) is 0 Å². The number of benzene rings is 1. The van der Waals surface area contributed by atoms with E-state index in [2.05, 4.69) is 16.4 Å². The van der Waals surface area contributed by atoms with Gasteiger partial charge in [0.15, 0.2) is 5.17 Å². The number of hydrogen-bond acceptors (Lipinski definition) is 4. The third kappa shape index (κ3) is 2.56. The number of thioether (sulfide) groups is 1. The van der Waals surface area contributed by atoms with E-state index >= 15 is 0 Å². The van der Waals surface area contributed by atoms with Crippen LogP contribution in [0.15, 0.2) is 23.2 Å². The summed E-state index contributed by atoms with van der Waals surface area (Å²) in [7, 11) is 0. The molecule has 0 bridgehead atoms. The lowest BCUT2D eigenvalue weighted by molar-refractivity contribution is 0.938. The van der Waals surface area contributed by atoms with Crippen LogP contribution in [0.4, 0.5) is 5.69 Å². The molecule has 1 aromatic carbocycles. The molecule has 0 aromatic heterocycles. The van der Waals surface area contributed by atoms with Crippen molar-refractivity contribution in [2.45, 2.75) is 13.3 Å². The first-order chi connectivity index (χ1) is 7.79. The van der Waals surface area contributed by atoms with E-state index < -0.39 is 0 Å². The van der Waals surface area contributed by atoms with E-state index in [1.165, 1.54) is 0 Å². The SMILES string of the molecule is Cc1ccc(C#N)cc1NC1=NCCCS1. The van der Waals surface area contributed by atoms with E-state index in [0.717, 1.165) is 35.1 Å². The molecule has 4 heteroatoms. The third-order valence-electron chi connectivity index (χ3n) is 2.40. The molecule has 0 saturated heterocycles. The highest BCUT2D eigenvalue weighted by atomic mass is 32.2. The Bertz CT molecular complexity index is 460. The van der Waals surface area contributed by atoms with Gasteiger partial charge in [0.1, 0.15) is 0 Å². The van der Waals surface area contributed by atoms with Crippen molar-refractivity contribution >= 4 is 22.6 Å². The zero-order chi connectivity index (χ0) is 11.4. The summed E-state index contributed by atoms with van der Waals surface area (Å²) in [5, 5.41) is 13.1. The van der Waals surface area contributed by atoms with Crippen molar-refractivity contribution in [2.75, 3.05) is 17.6 Å². The Morgan fingerprint density at radius 1 is 1.50 bits per heavy atom. The maximum Gasteiger partial charge on any atom is 0.161 e. The molecule has 1 aromatic rings. The lowest BCUT2D eigenvalue weighted by Gasteiger charge is -2.14. The summed E-state index contributed by atoms with van der Waals surface area (Å²) in [5.41, 5.74) is 2.79. The highest BCUT2D eigenvalue weighted by molar-refractivity contribution is 8.14. The molecule has 82 valence electrons. The fourth-order valence-electron chi connectivity index (χ4n) is 1.48. The zero-order valence-electron chi connectivity index (χ0n) is 9.16. The van der Waals surface area contributed by atoms with Gasteiger partial charge in [-0.15, -0.1) is 0 Å². The Morgan fingerprint density at radius 2 is 2.38 bits per heavy atom. The van der Waals surface area contributed by atoms with E-state index in [1.54, 1.807) is 11.8 Å². The smallest absolute Gasteiger partial charge is 0.161 e. The fourth-order valence-corrected chi connectivity index (χ4v) is 2.31. The predicted molar refractivity (Wildman–Crippen MR) is 68.9 cm³/mol. The summed E-state index contributed by atoms with van der Waals surface area (Å²) in [6.45, 7) is 2.92. The highest BCUT2D eigenvalue weighted by Crippen LogP contribution is 2.20. The van der Waals surface area contributed by atoms with Crippen LogP contribution in [0.25, 0.3) is 0 Å². The van der Waals surface area contributed by atoms with Gasteiger partial charge in [0, 0.05) is 18.0 Å². The number of aryl methyl sites for hydroxylation is 1. The number of aliphatic imine (C=N–C) groups is 1. The molecular formula is C12H13N3S. The molecule has 16 heavy (non-hydrogen) atoms. The van der Waals surface area contributed by atoms with Gasteiger partial charge in [0.05, 0.1) is 11.6 Å². The summed E-state index contributed by atoms with van der Waals surface area (Å²) >= 11 is 1.74. The fraction of sp³-hybridized carbons (Fsp3) is 0.333. The van der Waals surface area contributed by atoms with E-state index in [1.807, 2.05) is 25.1 Å². The first-order valence-electron chi connectivity index (χ1n) is 5.24. The van der Waals surface area contributed by atoms with E-state index in [4.69, 9.17) is 5.26 Å². The molecule has 0 atom stereocenters.